The second-order valence-corrected chi connectivity index (χ2v) is 4.38. The number of nitrogens with zero attached hydrogens (tertiary/aromatic N) is 2. The summed E-state index contributed by atoms with van der Waals surface area (Å²) in [6.07, 6.45) is 6.00. The molecule has 1 aromatic heterocycles. The van der Waals surface area contributed by atoms with E-state index < -0.39 is 0 Å². The van der Waals surface area contributed by atoms with Crippen molar-refractivity contribution in [1.82, 2.24) is 10.2 Å². The highest BCUT2D eigenvalue weighted by Crippen LogP contribution is 2.14. The van der Waals surface area contributed by atoms with Gasteiger partial charge in [-0.05, 0) is 37.6 Å². The standard InChI is InChI=1S/C16H15N3O/c1-4-12-7-6-8-13(10-12)17-16(20)14-9-11(3)18-19-15(14)5-2/h1,6-10H,5H2,2-3H3,(H,17,20). The van der Waals surface area contributed by atoms with Crippen molar-refractivity contribution < 1.29 is 4.79 Å². The van der Waals surface area contributed by atoms with Crippen molar-refractivity contribution >= 4 is 11.6 Å². The summed E-state index contributed by atoms with van der Waals surface area (Å²) >= 11 is 0. The summed E-state index contributed by atoms with van der Waals surface area (Å²) in [7, 11) is 0. The number of hydrogen-bond donors (Lipinski definition) is 1. The summed E-state index contributed by atoms with van der Waals surface area (Å²) in [5, 5.41) is 10.9. The minimum atomic E-state index is -0.200. The number of carbonyl (C=O) groups is 1. The van der Waals surface area contributed by atoms with E-state index in [0.29, 0.717) is 29.1 Å². The minimum Gasteiger partial charge on any atom is -0.322 e. The van der Waals surface area contributed by atoms with Crippen LogP contribution in [0.1, 0.15) is 34.2 Å². The number of anilines is 1. The quantitative estimate of drug-likeness (QED) is 0.868. The fourth-order valence-electron chi connectivity index (χ4n) is 1.86. The second-order valence-electron chi connectivity index (χ2n) is 4.38. The average molecular weight is 265 g/mol. The molecule has 100 valence electrons. The van der Waals surface area contributed by atoms with Crippen LogP contribution in [0.3, 0.4) is 0 Å². The molecule has 4 heteroatoms. The molecule has 20 heavy (non-hydrogen) atoms. The first-order chi connectivity index (χ1) is 9.63. The van der Waals surface area contributed by atoms with Crippen LogP contribution in [-0.2, 0) is 6.42 Å². The number of benzene rings is 1. The number of rotatable bonds is 3. The molecule has 2 rings (SSSR count). The van der Waals surface area contributed by atoms with Gasteiger partial charge in [0, 0.05) is 11.3 Å². The SMILES string of the molecule is C#Cc1cccc(NC(=O)c2cc(C)nnc2CC)c1. The van der Waals surface area contributed by atoms with Crippen molar-refractivity contribution in [3.05, 3.63) is 52.8 Å². The first kappa shape index (κ1) is 13.8. The molecule has 0 bridgehead atoms. The Bertz CT molecular complexity index is 686. The average Bonchev–Trinajstić information content (AvgIpc) is 2.47. The lowest BCUT2D eigenvalue weighted by Gasteiger charge is -2.08. The predicted octanol–water partition coefficient (Wildman–Crippen LogP) is 2.58. The summed E-state index contributed by atoms with van der Waals surface area (Å²) in [5.74, 6) is 2.34. The Morgan fingerprint density at radius 1 is 1.35 bits per heavy atom. The number of hydrogen-bond acceptors (Lipinski definition) is 3. The monoisotopic (exact) mass is 265 g/mol. The molecule has 1 N–H and O–H groups in total. The Morgan fingerprint density at radius 2 is 2.15 bits per heavy atom. The first-order valence-corrected chi connectivity index (χ1v) is 6.35. The third-order valence-corrected chi connectivity index (χ3v) is 2.86. The highest BCUT2D eigenvalue weighted by Gasteiger charge is 2.13. The van der Waals surface area contributed by atoms with Gasteiger partial charge in [0.15, 0.2) is 0 Å². The van der Waals surface area contributed by atoms with E-state index in [4.69, 9.17) is 6.42 Å². The number of aryl methyl sites for hydroxylation is 2. The van der Waals surface area contributed by atoms with Crippen molar-refractivity contribution in [2.24, 2.45) is 0 Å². The topological polar surface area (TPSA) is 54.9 Å². The molecule has 0 atom stereocenters. The third kappa shape index (κ3) is 3.01. The highest BCUT2D eigenvalue weighted by molar-refractivity contribution is 6.05. The van der Waals surface area contributed by atoms with E-state index >= 15 is 0 Å². The normalized spacial score (nSPS) is 9.85. The predicted molar refractivity (Wildman–Crippen MR) is 78.5 cm³/mol. The molecule has 2 aromatic rings. The summed E-state index contributed by atoms with van der Waals surface area (Å²) in [4.78, 5) is 12.3. The molecule has 0 aliphatic rings. The smallest absolute Gasteiger partial charge is 0.257 e. The van der Waals surface area contributed by atoms with Gasteiger partial charge in [-0.2, -0.15) is 10.2 Å². The van der Waals surface area contributed by atoms with E-state index in [1.165, 1.54) is 0 Å². The van der Waals surface area contributed by atoms with Gasteiger partial charge in [-0.15, -0.1) is 6.42 Å². The Kier molecular flexibility index (Phi) is 4.11. The van der Waals surface area contributed by atoms with Crippen molar-refractivity contribution in [3.8, 4) is 12.3 Å². The van der Waals surface area contributed by atoms with Crippen LogP contribution in [0.25, 0.3) is 0 Å². The van der Waals surface area contributed by atoms with Gasteiger partial charge >= 0.3 is 0 Å². The van der Waals surface area contributed by atoms with Crippen LogP contribution in [0, 0.1) is 19.3 Å². The number of nitrogens with one attached hydrogen (secondary N) is 1. The molecule has 0 fully saturated rings. The Labute approximate surface area is 118 Å². The zero-order valence-corrected chi connectivity index (χ0v) is 11.5. The lowest BCUT2D eigenvalue weighted by molar-refractivity contribution is 0.102. The van der Waals surface area contributed by atoms with Crippen LogP contribution in [0.4, 0.5) is 5.69 Å². The molecule has 0 spiro atoms. The molecule has 0 unspecified atom stereocenters. The number of terminal acetylenes is 1. The van der Waals surface area contributed by atoms with Crippen LogP contribution < -0.4 is 5.32 Å². The fraction of sp³-hybridized carbons (Fsp3) is 0.188. The Balaban J connectivity index is 2.28. The molecule has 1 aromatic carbocycles. The van der Waals surface area contributed by atoms with Gasteiger partial charge in [-0.25, -0.2) is 0 Å². The van der Waals surface area contributed by atoms with E-state index in [1.807, 2.05) is 26.0 Å². The maximum absolute atomic E-state index is 12.3. The Hall–Kier alpha value is -2.67. The van der Waals surface area contributed by atoms with Crippen LogP contribution in [0.2, 0.25) is 0 Å². The fourth-order valence-corrected chi connectivity index (χ4v) is 1.86. The number of carbonyl (C=O) groups excluding carboxylic acids is 1. The van der Waals surface area contributed by atoms with Gasteiger partial charge < -0.3 is 5.32 Å². The number of aromatic nitrogens is 2. The summed E-state index contributed by atoms with van der Waals surface area (Å²) in [6.45, 7) is 3.75. The Morgan fingerprint density at radius 3 is 2.85 bits per heavy atom. The first-order valence-electron chi connectivity index (χ1n) is 6.35. The molecule has 1 heterocycles. The van der Waals surface area contributed by atoms with Crippen molar-refractivity contribution in [1.29, 1.82) is 0 Å². The van der Waals surface area contributed by atoms with Gasteiger partial charge in [-0.1, -0.05) is 18.9 Å². The van der Waals surface area contributed by atoms with Gasteiger partial charge in [-0.3, -0.25) is 4.79 Å². The van der Waals surface area contributed by atoms with E-state index in [2.05, 4.69) is 21.4 Å². The number of amides is 1. The van der Waals surface area contributed by atoms with E-state index in [0.717, 1.165) is 5.56 Å². The van der Waals surface area contributed by atoms with Gasteiger partial charge in [0.2, 0.25) is 0 Å². The summed E-state index contributed by atoms with van der Waals surface area (Å²) < 4.78 is 0. The van der Waals surface area contributed by atoms with Gasteiger partial charge in [0.25, 0.3) is 5.91 Å². The molecule has 0 aliphatic heterocycles. The van der Waals surface area contributed by atoms with Crippen molar-refractivity contribution in [2.75, 3.05) is 5.32 Å². The molecule has 4 nitrogen and oxygen atoms in total. The third-order valence-electron chi connectivity index (χ3n) is 2.86. The maximum Gasteiger partial charge on any atom is 0.257 e. The summed E-state index contributed by atoms with van der Waals surface area (Å²) in [6, 6.07) is 8.91. The van der Waals surface area contributed by atoms with Gasteiger partial charge in [0.1, 0.15) is 0 Å². The molecular formula is C16H15N3O. The lowest BCUT2D eigenvalue weighted by Crippen LogP contribution is -2.16. The van der Waals surface area contributed by atoms with Crippen molar-refractivity contribution in [3.63, 3.8) is 0 Å². The van der Waals surface area contributed by atoms with E-state index in [-0.39, 0.29) is 5.91 Å². The summed E-state index contributed by atoms with van der Waals surface area (Å²) in [5.41, 5.74) is 3.33. The highest BCUT2D eigenvalue weighted by atomic mass is 16.1. The van der Waals surface area contributed by atoms with Crippen molar-refractivity contribution in [2.45, 2.75) is 20.3 Å². The lowest BCUT2D eigenvalue weighted by atomic mass is 10.1. The van der Waals surface area contributed by atoms with E-state index in [1.54, 1.807) is 18.2 Å². The largest absolute Gasteiger partial charge is 0.322 e. The molecule has 0 aliphatic carbocycles. The maximum atomic E-state index is 12.3. The second kappa shape index (κ2) is 5.98. The van der Waals surface area contributed by atoms with Crippen LogP contribution >= 0.6 is 0 Å². The van der Waals surface area contributed by atoms with E-state index in [9.17, 15) is 4.79 Å². The van der Waals surface area contributed by atoms with Crippen LogP contribution in [0.15, 0.2) is 30.3 Å². The van der Waals surface area contributed by atoms with Crippen LogP contribution in [0.5, 0.6) is 0 Å². The minimum absolute atomic E-state index is 0.200. The molecule has 1 amide bonds. The van der Waals surface area contributed by atoms with Crippen LogP contribution in [-0.4, -0.2) is 16.1 Å². The molecule has 0 saturated heterocycles. The zero-order chi connectivity index (χ0) is 14.5. The molecule has 0 radical (unpaired) electrons. The molecule has 0 saturated carbocycles. The molecular weight excluding hydrogens is 250 g/mol. The zero-order valence-electron chi connectivity index (χ0n) is 11.5. The van der Waals surface area contributed by atoms with Gasteiger partial charge in [0.05, 0.1) is 17.0 Å².